The van der Waals surface area contributed by atoms with Crippen molar-refractivity contribution in [2.75, 3.05) is 6.61 Å². The van der Waals surface area contributed by atoms with Crippen molar-refractivity contribution in [3.05, 3.63) is 47.3 Å². The summed E-state index contributed by atoms with van der Waals surface area (Å²) in [7, 11) is 0. The van der Waals surface area contributed by atoms with E-state index < -0.39 is 12.0 Å². The van der Waals surface area contributed by atoms with Crippen LogP contribution in [0.15, 0.2) is 30.3 Å². The molecule has 1 heterocycles. The minimum atomic E-state index is -0.868. The van der Waals surface area contributed by atoms with Crippen molar-refractivity contribution in [1.82, 2.24) is 15.1 Å². The Hall–Kier alpha value is -2.63. The average Bonchev–Trinajstić information content (AvgIpc) is 2.88. The SMILES string of the molecule is CCOC(=O)C(NC(=O)C(C)C)c1c(C)nn(-c2ccccc2)c1C. The molecular weight excluding hydrogens is 318 g/mol. The number of para-hydroxylation sites is 1. The van der Waals surface area contributed by atoms with Gasteiger partial charge in [-0.3, -0.25) is 4.79 Å². The maximum Gasteiger partial charge on any atom is 0.333 e. The summed E-state index contributed by atoms with van der Waals surface area (Å²) in [5.74, 6) is -0.915. The van der Waals surface area contributed by atoms with Crippen LogP contribution in [0.4, 0.5) is 0 Å². The van der Waals surface area contributed by atoms with Crippen molar-refractivity contribution in [3.8, 4) is 5.69 Å². The molecule has 2 rings (SSSR count). The molecule has 0 spiro atoms. The first kappa shape index (κ1) is 18.7. The predicted molar refractivity (Wildman–Crippen MR) is 95.4 cm³/mol. The number of rotatable bonds is 6. The van der Waals surface area contributed by atoms with Crippen LogP contribution in [0, 0.1) is 19.8 Å². The van der Waals surface area contributed by atoms with Crippen molar-refractivity contribution >= 4 is 11.9 Å². The van der Waals surface area contributed by atoms with Crippen molar-refractivity contribution < 1.29 is 14.3 Å². The molecular formula is C19H25N3O3. The van der Waals surface area contributed by atoms with Gasteiger partial charge in [-0.25, -0.2) is 9.48 Å². The maximum absolute atomic E-state index is 12.5. The summed E-state index contributed by atoms with van der Waals surface area (Å²) in [5.41, 5.74) is 3.05. The molecule has 1 aromatic carbocycles. The standard InChI is InChI=1S/C19H25N3O3/c1-6-25-19(24)17(20-18(23)12(2)3)16-13(4)21-22(14(16)5)15-10-8-7-9-11-15/h7-12,17H,6H2,1-5H3,(H,20,23). The lowest BCUT2D eigenvalue weighted by atomic mass is 10.0. The van der Waals surface area contributed by atoms with Gasteiger partial charge in [-0.1, -0.05) is 32.0 Å². The Morgan fingerprint density at radius 3 is 2.40 bits per heavy atom. The fourth-order valence-corrected chi connectivity index (χ4v) is 2.68. The number of esters is 1. The van der Waals surface area contributed by atoms with E-state index >= 15 is 0 Å². The molecule has 6 nitrogen and oxygen atoms in total. The number of aromatic nitrogens is 2. The summed E-state index contributed by atoms with van der Waals surface area (Å²) in [6.07, 6.45) is 0. The Labute approximate surface area is 148 Å². The molecule has 1 amide bonds. The molecule has 0 bridgehead atoms. The molecule has 1 N–H and O–H groups in total. The van der Waals surface area contributed by atoms with Crippen LogP contribution >= 0.6 is 0 Å². The van der Waals surface area contributed by atoms with Crippen LogP contribution in [0.25, 0.3) is 5.69 Å². The molecule has 1 atom stereocenters. The van der Waals surface area contributed by atoms with Gasteiger partial charge >= 0.3 is 5.97 Å². The van der Waals surface area contributed by atoms with E-state index in [2.05, 4.69) is 10.4 Å². The molecule has 1 aromatic heterocycles. The van der Waals surface area contributed by atoms with Crippen molar-refractivity contribution in [3.63, 3.8) is 0 Å². The van der Waals surface area contributed by atoms with Gasteiger partial charge in [0.1, 0.15) is 0 Å². The van der Waals surface area contributed by atoms with E-state index in [-0.39, 0.29) is 18.4 Å². The second-order valence-corrected chi connectivity index (χ2v) is 6.18. The van der Waals surface area contributed by atoms with Gasteiger partial charge in [-0.05, 0) is 32.9 Å². The van der Waals surface area contributed by atoms with Crippen LogP contribution in [0.5, 0.6) is 0 Å². The fraction of sp³-hybridized carbons (Fsp3) is 0.421. The summed E-state index contributed by atoms with van der Waals surface area (Å²) in [5, 5.41) is 7.35. The summed E-state index contributed by atoms with van der Waals surface area (Å²) in [6, 6.07) is 8.79. The van der Waals surface area contributed by atoms with E-state index in [4.69, 9.17) is 4.74 Å². The number of hydrogen-bond acceptors (Lipinski definition) is 4. The number of nitrogens with one attached hydrogen (secondary N) is 1. The molecule has 0 aliphatic rings. The van der Waals surface area contributed by atoms with E-state index in [0.717, 1.165) is 11.4 Å². The third kappa shape index (κ3) is 4.07. The average molecular weight is 343 g/mol. The minimum Gasteiger partial charge on any atom is -0.464 e. The Kier molecular flexibility index (Phi) is 5.96. The zero-order chi connectivity index (χ0) is 18.6. The van der Waals surface area contributed by atoms with Gasteiger partial charge in [0, 0.05) is 17.2 Å². The first-order valence-corrected chi connectivity index (χ1v) is 8.45. The Morgan fingerprint density at radius 1 is 1.20 bits per heavy atom. The second kappa shape index (κ2) is 7.96. The van der Waals surface area contributed by atoms with E-state index in [1.54, 1.807) is 25.5 Å². The van der Waals surface area contributed by atoms with Gasteiger partial charge in [-0.2, -0.15) is 5.10 Å². The zero-order valence-corrected chi connectivity index (χ0v) is 15.4. The van der Waals surface area contributed by atoms with Crippen LogP contribution in [0.1, 0.15) is 43.8 Å². The lowest BCUT2D eigenvalue weighted by Gasteiger charge is -2.19. The number of aryl methyl sites for hydroxylation is 1. The highest BCUT2D eigenvalue weighted by atomic mass is 16.5. The van der Waals surface area contributed by atoms with Crippen LogP contribution in [0.2, 0.25) is 0 Å². The number of benzene rings is 1. The lowest BCUT2D eigenvalue weighted by molar-refractivity contribution is -0.148. The van der Waals surface area contributed by atoms with Crippen molar-refractivity contribution in [1.29, 1.82) is 0 Å². The van der Waals surface area contributed by atoms with Crippen LogP contribution < -0.4 is 5.32 Å². The number of ether oxygens (including phenoxy) is 1. The molecule has 1 unspecified atom stereocenters. The molecule has 0 radical (unpaired) electrons. The van der Waals surface area contributed by atoms with Crippen LogP contribution in [0.3, 0.4) is 0 Å². The van der Waals surface area contributed by atoms with E-state index in [9.17, 15) is 9.59 Å². The predicted octanol–water partition coefficient (Wildman–Crippen LogP) is 2.87. The Bertz CT molecular complexity index is 751. The summed E-state index contributed by atoms with van der Waals surface area (Å²) in [6.45, 7) is 9.27. The number of nitrogens with zero attached hydrogens (tertiary/aromatic N) is 2. The van der Waals surface area contributed by atoms with Gasteiger partial charge in [0.15, 0.2) is 6.04 Å². The molecule has 0 fully saturated rings. The largest absolute Gasteiger partial charge is 0.464 e. The smallest absolute Gasteiger partial charge is 0.333 e. The minimum absolute atomic E-state index is 0.204. The molecule has 0 saturated carbocycles. The summed E-state index contributed by atoms with van der Waals surface area (Å²) >= 11 is 0. The highest BCUT2D eigenvalue weighted by molar-refractivity contribution is 5.86. The highest BCUT2D eigenvalue weighted by Crippen LogP contribution is 2.25. The summed E-state index contributed by atoms with van der Waals surface area (Å²) in [4.78, 5) is 24.7. The van der Waals surface area contributed by atoms with Gasteiger partial charge in [0.05, 0.1) is 18.0 Å². The zero-order valence-electron chi connectivity index (χ0n) is 15.4. The molecule has 0 aliphatic heterocycles. The van der Waals surface area contributed by atoms with Crippen LogP contribution in [-0.2, 0) is 14.3 Å². The van der Waals surface area contributed by atoms with Gasteiger partial charge in [-0.15, -0.1) is 0 Å². The number of amides is 1. The summed E-state index contributed by atoms with van der Waals surface area (Å²) < 4.78 is 6.95. The lowest BCUT2D eigenvalue weighted by Crippen LogP contribution is -2.37. The molecule has 25 heavy (non-hydrogen) atoms. The second-order valence-electron chi connectivity index (χ2n) is 6.18. The van der Waals surface area contributed by atoms with E-state index in [0.29, 0.717) is 11.3 Å². The number of hydrogen-bond donors (Lipinski definition) is 1. The number of carbonyl (C=O) groups is 2. The topological polar surface area (TPSA) is 73.2 Å². The van der Waals surface area contributed by atoms with E-state index in [1.807, 2.05) is 44.2 Å². The first-order valence-electron chi connectivity index (χ1n) is 8.45. The van der Waals surface area contributed by atoms with Crippen molar-refractivity contribution in [2.45, 2.75) is 40.7 Å². The molecule has 6 heteroatoms. The van der Waals surface area contributed by atoms with Crippen molar-refractivity contribution in [2.24, 2.45) is 5.92 Å². The fourth-order valence-electron chi connectivity index (χ4n) is 2.68. The monoisotopic (exact) mass is 343 g/mol. The third-order valence-electron chi connectivity index (χ3n) is 3.97. The van der Waals surface area contributed by atoms with Gasteiger partial charge in [0.2, 0.25) is 5.91 Å². The highest BCUT2D eigenvalue weighted by Gasteiger charge is 2.30. The normalized spacial score (nSPS) is 12.1. The number of carbonyl (C=O) groups excluding carboxylic acids is 2. The molecule has 134 valence electrons. The van der Waals surface area contributed by atoms with Gasteiger partial charge in [0.25, 0.3) is 0 Å². The first-order chi connectivity index (χ1) is 11.9. The Balaban J connectivity index is 2.48. The molecule has 0 aliphatic carbocycles. The van der Waals surface area contributed by atoms with E-state index in [1.165, 1.54) is 0 Å². The van der Waals surface area contributed by atoms with Crippen LogP contribution in [-0.4, -0.2) is 28.3 Å². The Morgan fingerprint density at radius 2 is 1.84 bits per heavy atom. The third-order valence-corrected chi connectivity index (χ3v) is 3.97. The maximum atomic E-state index is 12.5. The molecule has 2 aromatic rings. The van der Waals surface area contributed by atoms with Gasteiger partial charge < -0.3 is 10.1 Å². The molecule has 0 saturated heterocycles. The quantitative estimate of drug-likeness (QED) is 0.819.